The van der Waals surface area contributed by atoms with Crippen molar-refractivity contribution in [2.24, 2.45) is 4.99 Å². The average molecular weight is 556 g/mol. The summed E-state index contributed by atoms with van der Waals surface area (Å²) < 4.78 is 21.5. The largest absolute Gasteiger partial charge is 0.496 e. The number of methoxy groups -OCH3 is 1. The summed E-state index contributed by atoms with van der Waals surface area (Å²) in [5.41, 5.74) is 4.73. The normalized spacial score (nSPS) is 15.2. The number of para-hydroxylation sites is 1. The summed E-state index contributed by atoms with van der Waals surface area (Å²) in [5, 5.41) is 2.92. The van der Waals surface area contributed by atoms with Crippen molar-refractivity contribution < 1.29 is 13.9 Å². The molecular formula is C32H30FN3O3S. The van der Waals surface area contributed by atoms with Gasteiger partial charge in [0.1, 0.15) is 11.6 Å². The number of aryl methyl sites for hydroxylation is 1. The molecule has 1 amide bonds. The number of amides is 1. The molecule has 0 radical (unpaired) electrons. The maximum atomic E-state index is 14.0. The van der Waals surface area contributed by atoms with Gasteiger partial charge in [-0.2, -0.15) is 0 Å². The van der Waals surface area contributed by atoms with E-state index in [1.165, 1.54) is 23.5 Å². The average Bonchev–Trinajstić information content (AvgIpc) is 3.23. The van der Waals surface area contributed by atoms with Crippen LogP contribution in [0, 0.1) is 12.7 Å². The van der Waals surface area contributed by atoms with Gasteiger partial charge in [0.2, 0.25) is 0 Å². The number of nitrogens with one attached hydrogen (secondary N) is 1. The van der Waals surface area contributed by atoms with Crippen LogP contribution in [0.4, 0.5) is 10.1 Å². The fourth-order valence-electron chi connectivity index (χ4n) is 4.93. The summed E-state index contributed by atoms with van der Waals surface area (Å²) in [6, 6.07) is 18.2. The Morgan fingerprint density at radius 3 is 2.45 bits per heavy atom. The van der Waals surface area contributed by atoms with Crippen LogP contribution in [-0.4, -0.2) is 17.6 Å². The van der Waals surface area contributed by atoms with Crippen molar-refractivity contribution in [1.29, 1.82) is 0 Å². The monoisotopic (exact) mass is 555 g/mol. The third-order valence-corrected chi connectivity index (χ3v) is 7.99. The number of benzene rings is 3. The summed E-state index contributed by atoms with van der Waals surface area (Å²) in [4.78, 5) is 32.8. The summed E-state index contributed by atoms with van der Waals surface area (Å²) in [7, 11) is 1.65. The third-order valence-electron chi connectivity index (χ3n) is 7.01. The molecule has 2 heterocycles. The first-order valence-corrected chi connectivity index (χ1v) is 13.8. The summed E-state index contributed by atoms with van der Waals surface area (Å²) in [5.74, 6) is 0.273. The minimum Gasteiger partial charge on any atom is -0.496 e. The van der Waals surface area contributed by atoms with Gasteiger partial charge in [-0.15, -0.1) is 0 Å². The highest BCUT2D eigenvalue weighted by Crippen LogP contribution is 2.32. The second-order valence-corrected chi connectivity index (χ2v) is 11.1. The second kappa shape index (κ2) is 11.1. The van der Waals surface area contributed by atoms with Gasteiger partial charge >= 0.3 is 0 Å². The topological polar surface area (TPSA) is 72.7 Å². The Bertz CT molecular complexity index is 1800. The molecular weight excluding hydrogens is 525 g/mol. The number of halogens is 1. The van der Waals surface area contributed by atoms with E-state index in [2.05, 4.69) is 30.2 Å². The van der Waals surface area contributed by atoms with Crippen molar-refractivity contribution in [1.82, 2.24) is 4.57 Å². The highest BCUT2D eigenvalue weighted by Gasteiger charge is 2.32. The molecule has 0 unspecified atom stereocenters. The third kappa shape index (κ3) is 5.14. The standard InChI is InChI=1S/C32H30FN3O3S/c1-18(2)25-16-22(19(3)15-26(25)39-5)17-27-31(38)36-29(21-11-13-23(33)14-12-21)28(20(4)34-32(36)40-27)30(37)35-24-9-7-6-8-10-24/h6-18,29H,1-5H3,(H,35,37)/b27-17+/t29-/m0/s1. The molecule has 0 bridgehead atoms. The highest BCUT2D eigenvalue weighted by molar-refractivity contribution is 7.07. The summed E-state index contributed by atoms with van der Waals surface area (Å²) in [6.45, 7) is 7.93. The Balaban J connectivity index is 1.68. The van der Waals surface area contributed by atoms with E-state index in [1.54, 1.807) is 42.9 Å². The van der Waals surface area contributed by atoms with Crippen LogP contribution in [0.3, 0.4) is 0 Å². The molecule has 0 spiro atoms. The van der Waals surface area contributed by atoms with E-state index in [0.717, 1.165) is 22.4 Å². The minimum atomic E-state index is -0.772. The number of carbonyl (C=O) groups excluding carboxylic acids is 1. The van der Waals surface area contributed by atoms with E-state index < -0.39 is 11.9 Å². The summed E-state index contributed by atoms with van der Waals surface area (Å²) in [6.07, 6.45) is 1.87. The van der Waals surface area contributed by atoms with Crippen molar-refractivity contribution in [3.05, 3.63) is 126 Å². The molecule has 6 nitrogen and oxygen atoms in total. The van der Waals surface area contributed by atoms with E-state index in [-0.39, 0.29) is 17.4 Å². The molecule has 4 aromatic rings. The number of anilines is 1. The lowest BCUT2D eigenvalue weighted by Gasteiger charge is -2.25. The van der Waals surface area contributed by atoms with Crippen LogP contribution in [0.5, 0.6) is 5.75 Å². The number of hydrogen-bond acceptors (Lipinski definition) is 5. The number of ether oxygens (including phenoxy) is 1. The Hall–Kier alpha value is -4.30. The molecule has 1 aliphatic rings. The number of rotatable bonds is 6. The first-order chi connectivity index (χ1) is 19.2. The zero-order valence-electron chi connectivity index (χ0n) is 23.0. The van der Waals surface area contributed by atoms with Gasteiger partial charge in [0.05, 0.1) is 29.0 Å². The number of hydrogen-bond donors (Lipinski definition) is 1. The molecule has 204 valence electrons. The number of nitrogens with zero attached hydrogens (tertiary/aromatic N) is 2. The van der Waals surface area contributed by atoms with Gasteiger partial charge in [0.15, 0.2) is 4.80 Å². The van der Waals surface area contributed by atoms with Crippen molar-refractivity contribution in [3.63, 3.8) is 0 Å². The van der Waals surface area contributed by atoms with Crippen molar-refractivity contribution in [3.8, 4) is 5.75 Å². The lowest BCUT2D eigenvalue weighted by atomic mass is 9.95. The number of carbonyl (C=O) groups is 1. The van der Waals surface area contributed by atoms with Gasteiger partial charge in [-0.1, -0.05) is 55.5 Å². The van der Waals surface area contributed by atoms with Crippen LogP contribution < -0.4 is 24.9 Å². The predicted molar refractivity (Wildman–Crippen MR) is 157 cm³/mol. The van der Waals surface area contributed by atoms with Gasteiger partial charge in [-0.3, -0.25) is 14.2 Å². The van der Waals surface area contributed by atoms with E-state index in [0.29, 0.717) is 31.9 Å². The number of thiazole rings is 1. The number of fused-ring (bicyclic) bond motifs is 1. The Morgan fingerprint density at radius 2 is 1.80 bits per heavy atom. The van der Waals surface area contributed by atoms with Gasteiger partial charge in [0.25, 0.3) is 11.5 Å². The fourth-order valence-corrected chi connectivity index (χ4v) is 5.97. The molecule has 1 aromatic heterocycles. The van der Waals surface area contributed by atoms with E-state index >= 15 is 0 Å². The number of allylic oxidation sites excluding steroid dienone is 1. The maximum absolute atomic E-state index is 14.0. The second-order valence-electron chi connectivity index (χ2n) is 10.1. The Morgan fingerprint density at radius 1 is 1.10 bits per heavy atom. The SMILES string of the molecule is COc1cc(C)c(/C=c2/sc3n(c2=O)[C@@H](c2ccc(F)cc2)C(C(=O)Nc2ccccc2)=C(C)N=3)cc1C(C)C. The van der Waals surface area contributed by atoms with Gasteiger partial charge in [-0.25, -0.2) is 9.38 Å². The van der Waals surface area contributed by atoms with Gasteiger partial charge < -0.3 is 10.1 Å². The Kier molecular flexibility index (Phi) is 7.54. The zero-order chi connectivity index (χ0) is 28.6. The minimum absolute atomic E-state index is 0.232. The molecule has 8 heteroatoms. The predicted octanol–water partition coefficient (Wildman–Crippen LogP) is 5.45. The van der Waals surface area contributed by atoms with E-state index in [9.17, 15) is 14.0 Å². The molecule has 1 aliphatic heterocycles. The van der Waals surface area contributed by atoms with Crippen molar-refractivity contribution in [2.75, 3.05) is 12.4 Å². The molecule has 1 atom stereocenters. The maximum Gasteiger partial charge on any atom is 0.271 e. The fraction of sp³-hybridized carbons (Fsp3) is 0.219. The first kappa shape index (κ1) is 27.3. The molecule has 1 N–H and O–H groups in total. The highest BCUT2D eigenvalue weighted by atomic mass is 32.1. The molecule has 0 saturated carbocycles. The molecule has 5 rings (SSSR count). The lowest BCUT2D eigenvalue weighted by Crippen LogP contribution is -2.40. The van der Waals surface area contributed by atoms with Crippen LogP contribution in [0.2, 0.25) is 0 Å². The van der Waals surface area contributed by atoms with Crippen LogP contribution in [0.25, 0.3) is 6.08 Å². The van der Waals surface area contributed by atoms with Crippen molar-refractivity contribution >= 4 is 29.0 Å². The van der Waals surface area contributed by atoms with Crippen LogP contribution in [0.1, 0.15) is 55.0 Å². The Labute approximate surface area is 235 Å². The first-order valence-electron chi connectivity index (χ1n) is 13.0. The molecule has 3 aromatic carbocycles. The van der Waals surface area contributed by atoms with Crippen LogP contribution in [0.15, 0.2) is 87.8 Å². The molecule has 0 saturated heterocycles. The molecule has 40 heavy (non-hydrogen) atoms. The quantitative estimate of drug-likeness (QED) is 0.344. The van der Waals surface area contributed by atoms with Crippen LogP contribution in [-0.2, 0) is 4.79 Å². The molecule has 0 aliphatic carbocycles. The lowest BCUT2D eigenvalue weighted by molar-refractivity contribution is -0.113. The van der Waals surface area contributed by atoms with E-state index in [4.69, 9.17) is 4.74 Å². The van der Waals surface area contributed by atoms with Gasteiger partial charge in [-0.05, 0) is 84.5 Å². The molecule has 0 fully saturated rings. The van der Waals surface area contributed by atoms with Crippen molar-refractivity contribution in [2.45, 2.75) is 39.7 Å². The van der Waals surface area contributed by atoms with Crippen LogP contribution >= 0.6 is 11.3 Å². The van der Waals surface area contributed by atoms with Gasteiger partial charge in [0, 0.05) is 5.69 Å². The smallest absolute Gasteiger partial charge is 0.271 e. The zero-order valence-corrected chi connectivity index (χ0v) is 23.8. The summed E-state index contributed by atoms with van der Waals surface area (Å²) >= 11 is 1.27. The van der Waals surface area contributed by atoms with E-state index in [1.807, 2.05) is 37.3 Å². The number of aromatic nitrogens is 1.